The maximum Gasteiger partial charge on any atom is 0.259 e. The van der Waals surface area contributed by atoms with E-state index >= 15 is 0 Å². The van der Waals surface area contributed by atoms with Crippen LogP contribution in [0.5, 0.6) is 0 Å². The van der Waals surface area contributed by atoms with E-state index in [2.05, 4.69) is 9.71 Å². The Morgan fingerprint density at radius 2 is 1.90 bits per heavy atom. The summed E-state index contributed by atoms with van der Waals surface area (Å²) >= 11 is 0. The van der Waals surface area contributed by atoms with E-state index in [1.807, 2.05) is 43.3 Å². The highest BCUT2D eigenvalue weighted by Crippen LogP contribution is 2.13. The van der Waals surface area contributed by atoms with Gasteiger partial charge in [0.2, 0.25) is 0 Å². The summed E-state index contributed by atoms with van der Waals surface area (Å²) in [4.78, 5) is 5.83. The third-order valence-electron chi connectivity index (χ3n) is 2.88. The van der Waals surface area contributed by atoms with Crippen molar-refractivity contribution in [3.8, 4) is 0 Å². The molecule has 0 radical (unpaired) electrons. The van der Waals surface area contributed by atoms with Crippen LogP contribution in [-0.4, -0.2) is 32.1 Å². The average molecular weight is 294 g/mol. The van der Waals surface area contributed by atoms with E-state index in [9.17, 15) is 8.42 Å². The summed E-state index contributed by atoms with van der Waals surface area (Å²) in [5, 5.41) is 0.0323. The molecule has 1 heterocycles. The summed E-state index contributed by atoms with van der Waals surface area (Å²) in [6.07, 6.45) is 2.93. The van der Waals surface area contributed by atoms with Crippen molar-refractivity contribution in [3.63, 3.8) is 0 Å². The zero-order chi connectivity index (χ0) is 14.8. The standard InChI is InChI=1S/C13H18N4O2S/c1-16(2)12-6-4-11(5-7-12)8-15-20(18,19)13-9-17(3)10-14-13/h4-7,9-10,15H,8H2,1-3H3. The van der Waals surface area contributed by atoms with Crippen LogP contribution in [-0.2, 0) is 23.6 Å². The second kappa shape index (κ2) is 5.64. The zero-order valence-corrected chi connectivity index (χ0v) is 12.6. The Kier molecular flexibility index (Phi) is 4.10. The van der Waals surface area contributed by atoms with E-state index < -0.39 is 10.0 Å². The molecule has 1 aromatic carbocycles. The fraction of sp³-hybridized carbons (Fsp3) is 0.308. The second-order valence-electron chi connectivity index (χ2n) is 4.76. The minimum Gasteiger partial charge on any atom is -0.378 e. The highest BCUT2D eigenvalue weighted by Gasteiger charge is 2.16. The van der Waals surface area contributed by atoms with Crippen LogP contribution < -0.4 is 9.62 Å². The van der Waals surface area contributed by atoms with Crippen molar-refractivity contribution in [3.05, 3.63) is 42.4 Å². The third-order valence-corrected chi connectivity index (χ3v) is 4.16. The molecule has 1 aromatic heterocycles. The highest BCUT2D eigenvalue weighted by molar-refractivity contribution is 7.89. The van der Waals surface area contributed by atoms with Crippen molar-refractivity contribution in [2.45, 2.75) is 11.6 Å². The maximum absolute atomic E-state index is 12.0. The van der Waals surface area contributed by atoms with Crippen molar-refractivity contribution in [1.29, 1.82) is 0 Å². The lowest BCUT2D eigenvalue weighted by atomic mass is 10.2. The summed E-state index contributed by atoms with van der Waals surface area (Å²) in [7, 11) is 2.09. The van der Waals surface area contributed by atoms with Gasteiger partial charge >= 0.3 is 0 Å². The predicted molar refractivity (Wildman–Crippen MR) is 78.0 cm³/mol. The van der Waals surface area contributed by atoms with Gasteiger partial charge in [-0.25, -0.2) is 18.1 Å². The Bertz CT molecular complexity index is 675. The normalized spacial score (nSPS) is 11.6. The smallest absolute Gasteiger partial charge is 0.259 e. The van der Waals surface area contributed by atoms with Crippen molar-refractivity contribution in [2.75, 3.05) is 19.0 Å². The van der Waals surface area contributed by atoms with E-state index in [1.165, 1.54) is 12.5 Å². The first kappa shape index (κ1) is 14.5. The number of anilines is 1. The number of aryl methyl sites for hydroxylation is 1. The highest BCUT2D eigenvalue weighted by atomic mass is 32.2. The lowest BCUT2D eigenvalue weighted by molar-refractivity contribution is 0.578. The van der Waals surface area contributed by atoms with E-state index in [0.717, 1.165) is 11.3 Å². The first-order chi connectivity index (χ1) is 9.38. The number of sulfonamides is 1. The molecular weight excluding hydrogens is 276 g/mol. The van der Waals surface area contributed by atoms with Gasteiger partial charge in [0, 0.05) is 39.6 Å². The van der Waals surface area contributed by atoms with Gasteiger partial charge in [0.25, 0.3) is 10.0 Å². The van der Waals surface area contributed by atoms with Crippen molar-refractivity contribution in [2.24, 2.45) is 7.05 Å². The van der Waals surface area contributed by atoms with Crippen LogP contribution in [0.25, 0.3) is 0 Å². The topological polar surface area (TPSA) is 67.2 Å². The average Bonchev–Trinajstić information content (AvgIpc) is 2.84. The number of nitrogens with one attached hydrogen (secondary N) is 1. The van der Waals surface area contributed by atoms with Gasteiger partial charge in [-0.2, -0.15) is 0 Å². The van der Waals surface area contributed by atoms with Gasteiger partial charge in [0.05, 0.1) is 6.33 Å². The zero-order valence-electron chi connectivity index (χ0n) is 11.7. The van der Waals surface area contributed by atoms with Gasteiger partial charge in [-0.15, -0.1) is 0 Å². The van der Waals surface area contributed by atoms with Gasteiger partial charge < -0.3 is 9.47 Å². The molecule has 0 atom stereocenters. The summed E-state index contributed by atoms with van der Waals surface area (Å²) in [5.41, 5.74) is 1.97. The molecule has 0 aliphatic carbocycles. The quantitative estimate of drug-likeness (QED) is 0.892. The molecule has 0 saturated heterocycles. The molecule has 0 bridgehead atoms. The number of rotatable bonds is 5. The lowest BCUT2D eigenvalue weighted by Crippen LogP contribution is -2.23. The Hall–Kier alpha value is -1.86. The van der Waals surface area contributed by atoms with Crippen LogP contribution in [0.3, 0.4) is 0 Å². The summed E-state index contributed by atoms with van der Waals surface area (Å²) in [5.74, 6) is 0. The molecule has 2 aromatic rings. The molecule has 0 saturated carbocycles. The van der Waals surface area contributed by atoms with Crippen LogP contribution in [0.4, 0.5) is 5.69 Å². The molecule has 0 spiro atoms. The molecule has 108 valence electrons. The number of benzene rings is 1. The Morgan fingerprint density at radius 1 is 1.25 bits per heavy atom. The summed E-state index contributed by atoms with van der Waals surface area (Å²) < 4.78 is 28.1. The largest absolute Gasteiger partial charge is 0.378 e. The van der Waals surface area contributed by atoms with Crippen molar-refractivity contribution >= 4 is 15.7 Å². The first-order valence-electron chi connectivity index (χ1n) is 6.12. The van der Waals surface area contributed by atoms with Crippen molar-refractivity contribution < 1.29 is 8.42 Å². The van der Waals surface area contributed by atoms with Gasteiger partial charge in [0.1, 0.15) is 0 Å². The molecular formula is C13H18N4O2S. The van der Waals surface area contributed by atoms with Crippen LogP contribution in [0.1, 0.15) is 5.56 Å². The molecule has 1 N–H and O–H groups in total. The summed E-state index contributed by atoms with van der Waals surface area (Å²) in [6.45, 7) is 0.243. The molecule has 2 rings (SSSR count). The van der Waals surface area contributed by atoms with Gasteiger partial charge in [-0.1, -0.05) is 12.1 Å². The van der Waals surface area contributed by atoms with E-state index in [4.69, 9.17) is 0 Å². The monoisotopic (exact) mass is 294 g/mol. The number of hydrogen-bond acceptors (Lipinski definition) is 4. The molecule has 0 aliphatic rings. The molecule has 7 heteroatoms. The SMILES string of the molecule is CN(C)c1ccc(CNS(=O)(=O)c2cn(C)cn2)cc1. The van der Waals surface area contributed by atoms with Crippen LogP contribution in [0.2, 0.25) is 0 Å². The minimum absolute atomic E-state index is 0.0323. The molecule has 6 nitrogen and oxygen atoms in total. The van der Waals surface area contributed by atoms with Gasteiger partial charge in [0.15, 0.2) is 5.03 Å². The molecule has 0 fully saturated rings. The summed E-state index contributed by atoms with van der Waals surface area (Å²) in [6, 6.07) is 7.70. The number of hydrogen-bond donors (Lipinski definition) is 1. The van der Waals surface area contributed by atoms with E-state index in [0.29, 0.717) is 0 Å². The lowest BCUT2D eigenvalue weighted by Gasteiger charge is -2.12. The fourth-order valence-electron chi connectivity index (χ4n) is 1.69. The molecule has 0 amide bonds. The van der Waals surface area contributed by atoms with E-state index in [1.54, 1.807) is 11.6 Å². The van der Waals surface area contributed by atoms with Crippen LogP contribution in [0.15, 0.2) is 41.8 Å². The van der Waals surface area contributed by atoms with Crippen LogP contribution >= 0.6 is 0 Å². The maximum atomic E-state index is 12.0. The van der Waals surface area contributed by atoms with Gasteiger partial charge in [-0.3, -0.25) is 0 Å². The molecule has 20 heavy (non-hydrogen) atoms. The first-order valence-corrected chi connectivity index (χ1v) is 7.61. The minimum atomic E-state index is -3.56. The number of aromatic nitrogens is 2. The number of nitrogens with zero attached hydrogens (tertiary/aromatic N) is 3. The molecule has 0 aliphatic heterocycles. The molecule has 0 unspecified atom stereocenters. The Labute approximate surface area is 119 Å². The fourth-order valence-corrected chi connectivity index (χ4v) is 2.69. The Morgan fingerprint density at radius 3 is 2.40 bits per heavy atom. The van der Waals surface area contributed by atoms with Crippen LogP contribution in [0, 0.1) is 0 Å². The van der Waals surface area contributed by atoms with Gasteiger partial charge in [-0.05, 0) is 17.7 Å². The number of imidazole rings is 1. The predicted octanol–water partition coefficient (Wildman–Crippen LogP) is 0.965. The van der Waals surface area contributed by atoms with E-state index in [-0.39, 0.29) is 11.6 Å². The second-order valence-corrected chi connectivity index (χ2v) is 6.48. The Balaban J connectivity index is 2.04. The third kappa shape index (κ3) is 3.37. The van der Waals surface area contributed by atoms with Crippen molar-refractivity contribution in [1.82, 2.24) is 14.3 Å².